The van der Waals surface area contributed by atoms with Gasteiger partial charge in [0.25, 0.3) is 5.91 Å². The number of aryl methyl sites for hydroxylation is 2. The number of benzene rings is 1. The highest BCUT2D eigenvalue weighted by atomic mass is 16.6. The fraction of sp³-hybridized carbons (Fsp3) is 0.350. The van der Waals surface area contributed by atoms with Gasteiger partial charge in [-0.25, -0.2) is 19.1 Å². The van der Waals surface area contributed by atoms with Gasteiger partial charge in [-0.1, -0.05) is 30.3 Å². The van der Waals surface area contributed by atoms with Crippen LogP contribution in [0.1, 0.15) is 22.6 Å². The van der Waals surface area contributed by atoms with E-state index < -0.39 is 6.09 Å². The van der Waals surface area contributed by atoms with Gasteiger partial charge in [-0.2, -0.15) is 10.2 Å². The summed E-state index contributed by atoms with van der Waals surface area (Å²) in [6, 6.07) is 9.70. The van der Waals surface area contributed by atoms with E-state index in [4.69, 9.17) is 4.74 Å². The molecule has 30 heavy (non-hydrogen) atoms. The summed E-state index contributed by atoms with van der Waals surface area (Å²) in [5.41, 5.74) is 1.22. The van der Waals surface area contributed by atoms with Crippen molar-refractivity contribution < 1.29 is 14.3 Å². The van der Waals surface area contributed by atoms with Crippen LogP contribution in [-0.2, 0) is 13.6 Å². The Morgan fingerprint density at radius 3 is 2.67 bits per heavy atom. The standard InChI is InChI=1S/C20H23N7O3/c1-14-23-17(15-7-4-3-5-8-15)24-27(14)12-9-21-20(29)30-19-16(13-22-25(19)2)18(28)26-10-6-11-26/h3-5,7-8,13H,6,9-12H2,1-2H3,(H,21,29). The highest BCUT2D eigenvalue weighted by Crippen LogP contribution is 2.22. The SMILES string of the molecule is Cc1nc(-c2ccccc2)nn1CCNC(=O)Oc1c(C(=O)N2CCC2)cnn1C. The molecule has 10 heteroatoms. The number of nitrogens with zero attached hydrogens (tertiary/aromatic N) is 6. The fourth-order valence-electron chi connectivity index (χ4n) is 3.11. The predicted molar refractivity (Wildman–Crippen MR) is 108 cm³/mol. The lowest BCUT2D eigenvalue weighted by Crippen LogP contribution is -2.42. The number of rotatable bonds is 6. The number of nitrogens with one attached hydrogen (secondary N) is 1. The van der Waals surface area contributed by atoms with Gasteiger partial charge in [-0.3, -0.25) is 4.79 Å². The van der Waals surface area contributed by atoms with Crippen LogP contribution in [-0.4, -0.2) is 61.1 Å². The molecule has 3 heterocycles. The first kappa shape index (κ1) is 19.6. The zero-order valence-electron chi connectivity index (χ0n) is 16.9. The van der Waals surface area contributed by atoms with Crippen LogP contribution in [0.25, 0.3) is 11.4 Å². The first-order chi connectivity index (χ1) is 14.5. The third-order valence-corrected chi connectivity index (χ3v) is 4.93. The van der Waals surface area contributed by atoms with Crippen molar-refractivity contribution in [3.05, 3.63) is 47.9 Å². The summed E-state index contributed by atoms with van der Waals surface area (Å²) in [4.78, 5) is 30.8. The molecule has 156 valence electrons. The number of hydrogen-bond acceptors (Lipinski definition) is 6. The normalized spacial score (nSPS) is 13.1. The molecule has 0 radical (unpaired) electrons. The Bertz CT molecular complexity index is 1050. The second-order valence-electron chi connectivity index (χ2n) is 7.02. The van der Waals surface area contributed by atoms with E-state index in [0.717, 1.165) is 17.8 Å². The molecular formula is C20H23N7O3. The van der Waals surface area contributed by atoms with E-state index in [-0.39, 0.29) is 17.4 Å². The Hall–Kier alpha value is -3.69. The summed E-state index contributed by atoms with van der Waals surface area (Å²) in [7, 11) is 1.62. The topological polar surface area (TPSA) is 107 Å². The maximum atomic E-state index is 12.4. The highest BCUT2D eigenvalue weighted by molar-refractivity contribution is 5.97. The summed E-state index contributed by atoms with van der Waals surface area (Å²) in [6.07, 6.45) is 1.75. The average molecular weight is 409 g/mol. The predicted octanol–water partition coefficient (Wildman–Crippen LogP) is 1.62. The van der Waals surface area contributed by atoms with Gasteiger partial charge in [0, 0.05) is 32.2 Å². The minimum Gasteiger partial charge on any atom is -0.391 e. The molecule has 1 aromatic carbocycles. The van der Waals surface area contributed by atoms with Gasteiger partial charge in [0.15, 0.2) is 5.82 Å². The molecule has 0 saturated carbocycles. The summed E-state index contributed by atoms with van der Waals surface area (Å²) in [5, 5.41) is 11.2. The summed E-state index contributed by atoms with van der Waals surface area (Å²) >= 11 is 0. The van der Waals surface area contributed by atoms with Gasteiger partial charge in [0.2, 0.25) is 5.88 Å². The molecule has 0 aliphatic carbocycles. The largest absolute Gasteiger partial charge is 0.414 e. The monoisotopic (exact) mass is 409 g/mol. The molecule has 10 nitrogen and oxygen atoms in total. The van der Waals surface area contributed by atoms with Crippen molar-refractivity contribution in [3.63, 3.8) is 0 Å². The fourth-order valence-corrected chi connectivity index (χ4v) is 3.11. The molecule has 1 aliphatic rings. The van der Waals surface area contributed by atoms with Crippen LogP contribution < -0.4 is 10.1 Å². The molecule has 0 spiro atoms. The minimum absolute atomic E-state index is 0.132. The van der Waals surface area contributed by atoms with E-state index in [2.05, 4.69) is 20.5 Å². The van der Waals surface area contributed by atoms with Gasteiger partial charge < -0.3 is 15.0 Å². The van der Waals surface area contributed by atoms with Crippen LogP contribution in [0.3, 0.4) is 0 Å². The lowest BCUT2D eigenvalue weighted by Gasteiger charge is -2.30. The lowest BCUT2D eigenvalue weighted by molar-refractivity contribution is 0.0648. The molecule has 3 aromatic rings. The molecule has 1 fully saturated rings. The van der Waals surface area contributed by atoms with E-state index in [1.165, 1.54) is 10.9 Å². The molecule has 1 saturated heterocycles. The van der Waals surface area contributed by atoms with Gasteiger partial charge in [0.1, 0.15) is 11.4 Å². The Labute approximate surface area is 173 Å². The van der Waals surface area contributed by atoms with E-state index in [1.807, 2.05) is 37.3 Å². The Morgan fingerprint density at radius 2 is 1.97 bits per heavy atom. The molecule has 1 aliphatic heterocycles. The number of amides is 2. The first-order valence-electron chi connectivity index (χ1n) is 9.77. The molecule has 0 atom stereocenters. The van der Waals surface area contributed by atoms with E-state index in [0.29, 0.717) is 32.0 Å². The quantitative estimate of drug-likeness (QED) is 0.663. The van der Waals surface area contributed by atoms with Gasteiger partial charge >= 0.3 is 6.09 Å². The zero-order valence-corrected chi connectivity index (χ0v) is 16.9. The minimum atomic E-state index is -0.655. The zero-order chi connectivity index (χ0) is 21.1. The van der Waals surface area contributed by atoms with Crippen molar-refractivity contribution in [2.24, 2.45) is 7.05 Å². The van der Waals surface area contributed by atoms with Gasteiger partial charge in [-0.05, 0) is 13.3 Å². The molecule has 1 N–H and O–H groups in total. The van der Waals surface area contributed by atoms with Crippen LogP contribution in [0, 0.1) is 6.92 Å². The number of aromatic nitrogens is 5. The Morgan fingerprint density at radius 1 is 1.20 bits per heavy atom. The molecule has 0 bridgehead atoms. The number of likely N-dealkylation sites (tertiary alicyclic amines) is 1. The third kappa shape index (κ3) is 4.02. The summed E-state index contributed by atoms with van der Waals surface area (Å²) < 4.78 is 8.46. The van der Waals surface area contributed by atoms with Crippen LogP contribution in [0.2, 0.25) is 0 Å². The van der Waals surface area contributed by atoms with E-state index in [9.17, 15) is 9.59 Å². The van der Waals surface area contributed by atoms with Gasteiger partial charge in [-0.15, -0.1) is 0 Å². The Balaban J connectivity index is 1.34. The van der Waals surface area contributed by atoms with Crippen molar-refractivity contribution >= 4 is 12.0 Å². The van der Waals surface area contributed by atoms with E-state index in [1.54, 1.807) is 16.6 Å². The van der Waals surface area contributed by atoms with Crippen LogP contribution in [0.15, 0.2) is 36.5 Å². The molecule has 4 rings (SSSR count). The van der Waals surface area contributed by atoms with Crippen molar-refractivity contribution in [3.8, 4) is 17.3 Å². The second kappa shape index (κ2) is 8.36. The number of carbonyl (C=O) groups excluding carboxylic acids is 2. The first-order valence-corrected chi connectivity index (χ1v) is 9.77. The average Bonchev–Trinajstić information content (AvgIpc) is 3.24. The maximum Gasteiger partial charge on any atom is 0.414 e. The van der Waals surface area contributed by atoms with Crippen molar-refractivity contribution in [2.75, 3.05) is 19.6 Å². The van der Waals surface area contributed by atoms with Crippen molar-refractivity contribution in [2.45, 2.75) is 19.9 Å². The lowest BCUT2D eigenvalue weighted by atomic mass is 10.2. The number of hydrogen-bond donors (Lipinski definition) is 1. The smallest absolute Gasteiger partial charge is 0.391 e. The Kier molecular flexibility index (Phi) is 5.46. The molecule has 0 unspecified atom stereocenters. The van der Waals surface area contributed by atoms with Crippen LogP contribution >= 0.6 is 0 Å². The number of carbonyl (C=O) groups is 2. The second-order valence-corrected chi connectivity index (χ2v) is 7.02. The van der Waals surface area contributed by atoms with Crippen molar-refractivity contribution in [1.82, 2.24) is 34.8 Å². The highest BCUT2D eigenvalue weighted by Gasteiger charge is 2.27. The van der Waals surface area contributed by atoms with Crippen molar-refractivity contribution in [1.29, 1.82) is 0 Å². The van der Waals surface area contributed by atoms with Crippen LogP contribution in [0.4, 0.5) is 4.79 Å². The molecular weight excluding hydrogens is 386 g/mol. The van der Waals surface area contributed by atoms with E-state index >= 15 is 0 Å². The summed E-state index contributed by atoms with van der Waals surface area (Å²) in [6.45, 7) is 4.01. The third-order valence-electron chi connectivity index (χ3n) is 4.93. The number of ether oxygens (including phenoxy) is 1. The van der Waals surface area contributed by atoms with Gasteiger partial charge in [0.05, 0.1) is 12.7 Å². The summed E-state index contributed by atoms with van der Waals surface area (Å²) in [5.74, 6) is 1.34. The van der Waals surface area contributed by atoms with Crippen LogP contribution in [0.5, 0.6) is 5.88 Å². The molecule has 2 amide bonds. The molecule has 2 aromatic heterocycles. The maximum absolute atomic E-state index is 12.4.